The molecule has 0 bridgehead atoms. The summed E-state index contributed by atoms with van der Waals surface area (Å²) in [5.74, 6) is -0.460. The van der Waals surface area contributed by atoms with Gasteiger partial charge in [-0.1, -0.05) is 23.7 Å². The molecule has 1 N–H and O–H groups in total. The SMILES string of the molecule is O=C(NCc1cc(-c2ccc(C(F)(F)F)cc2)ncn1)[C@@H]1CCCN1S(=O)(=O)c1ccc(Cl)s1. The Bertz CT molecular complexity index is 1300. The van der Waals surface area contributed by atoms with Crippen molar-refractivity contribution in [3.63, 3.8) is 0 Å². The lowest BCUT2D eigenvalue weighted by Crippen LogP contribution is -2.45. The molecule has 1 aliphatic heterocycles. The average Bonchev–Trinajstić information content (AvgIpc) is 3.47. The number of nitrogens with zero attached hydrogens (tertiary/aromatic N) is 3. The predicted octanol–water partition coefficient (Wildman–Crippen LogP) is 4.35. The third kappa shape index (κ3) is 5.24. The molecule has 180 valence electrons. The second-order valence-corrected chi connectivity index (χ2v) is 11.4. The third-order valence-electron chi connectivity index (χ3n) is 5.29. The number of aromatic nitrogens is 2. The number of halogens is 4. The molecule has 0 saturated carbocycles. The van der Waals surface area contributed by atoms with Crippen LogP contribution in [-0.4, -0.2) is 41.2 Å². The molecule has 13 heteroatoms. The number of nitrogens with one attached hydrogen (secondary N) is 1. The van der Waals surface area contributed by atoms with Gasteiger partial charge in [0.1, 0.15) is 16.6 Å². The maximum absolute atomic E-state index is 12.9. The van der Waals surface area contributed by atoms with Gasteiger partial charge >= 0.3 is 6.18 Å². The number of alkyl halides is 3. The van der Waals surface area contributed by atoms with Crippen molar-refractivity contribution in [1.29, 1.82) is 0 Å². The van der Waals surface area contributed by atoms with Gasteiger partial charge in [-0.15, -0.1) is 11.3 Å². The Labute approximate surface area is 202 Å². The van der Waals surface area contributed by atoms with Crippen LogP contribution in [0.25, 0.3) is 11.3 Å². The highest BCUT2D eigenvalue weighted by Gasteiger charge is 2.40. The van der Waals surface area contributed by atoms with Crippen molar-refractivity contribution in [2.75, 3.05) is 6.54 Å². The number of thiophene rings is 1. The molecule has 1 fully saturated rings. The lowest BCUT2D eigenvalue weighted by molar-refractivity contribution is -0.137. The summed E-state index contributed by atoms with van der Waals surface area (Å²) in [6, 6.07) is 8.16. The van der Waals surface area contributed by atoms with Crippen molar-refractivity contribution in [1.82, 2.24) is 19.6 Å². The number of carbonyl (C=O) groups excluding carboxylic acids is 1. The predicted molar refractivity (Wildman–Crippen MR) is 121 cm³/mol. The van der Waals surface area contributed by atoms with Gasteiger partial charge in [0.25, 0.3) is 10.0 Å². The molecule has 3 aromatic rings. The number of amides is 1. The minimum Gasteiger partial charge on any atom is -0.349 e. The molecule has 0 aliphatic carbocycles. The maximum atomic E-state index is 12.9. The van der Waals surface area contributed by atoms with Crippen molar-refractivity contribution in [3.8, 4) is 11.3 Å². The summed E-state index contributed by atoms with van der Waals surface area (Å²) in [4.78, 5) is 21.0. The van der Waals surface area contributed by atoms with Gasteiger partial charge in [-0.05, 0) is 43.2 Å². The zero-order valence-electron chi connectivity index (χ0n) is 17.4. The van der Waals surface area contributed by atoms with E-state index in [1.807, 2.05) is 0 Å². The van der Waals surface area contributed by atoms with Crippen LogP contribution in [0, 0.1) is 0 Å². The molecule has 1 aromatic carbocycles. The van der Waals surface area contributed by atoms with Crippen LogP contribution in [-0.2, 0) is 27.5 Å². The van der Waals surface area contributed by atoms with E-state index in [9.17, 15) is 26.4 Å². The Morgan fingerprint density at radius 1 is 1.18 bits per heavy atom. The topological polar surface area (TPSA) is 92.3 Å². The molecule has 0 spiro atoms. The number of sulfonamides is 1. The van der Waals surface area contributed by atoms with Gasteiger partial charge in [0.15, 0.2) is 0 Å². The molecule has 1 aliphatic rings. The Hall–Kier alpha value is -2.54. The number of hydrogen-bond donors (Lipinski definition) is 1. The highest BCUT2D eigenvalue weighted by atomic mass is 35.5. The quantitative estimate of drug-likeness (QED) is 0.511. The van der Waals surface area contributed by atoms with E-state index in [1.54, 1.807) is 6.07 Å². The van der Waals surface area contributed by atoms with Gasteiger partial charge in [-0.3, -0.25) is 4.79 Å². The van der Waals surface area contributed by atoms with E-state index in [4.69, 9.17) is 11.6 Å². The lowest BCUT2D eigenvalue weighted by atomic mass is 10.1. The number of benzene rings is 1. The van der Waals surface area contributed by atoms with E-state index in [-0.39, 0.29) is 17.3 Å². The fourth-order valence-electron chi connectivity index (χ4n) is 3.62. The summed E-state index contributed by atoms with van der Waals surface area (Å²) < 4.78 is 65.8. The molecule has 1 atom stereocenters. The zero-order valence-corrected chi connectivity index (χ0v) is 19.8. The maximum Gasteiger partial charge on any atom is 0.416 e. The van der Waals surface area contributed by atoms with Crippen molar-refractivity contribution in [2.24, 2.45) is 0 Å². The van der Waals surface area contributed by atoms with Crippen LogP contribution in [0.4, 0.5) is 13.2 Å². The lowest BCUT2D eigenvalue weighted by Gasteiger charge is -2.22. The Balaban J connectivity index is 1.44. The minimum atomic E-state index is -4.43. The van der Waals surface area contributed by atoms with Gasteiger partial charge in [-0.2, -0.15) is 17.5 Å². The average molecular weight is 531 g/mol. The van der Waals surface area contributed by atoms with Crippen LogP contribution in [0.5, 0.6) is 0 Å². The Kier molecular flexibility index (Phi) is 6.94. The van der Waals surface area contributed by atoms with Crippen LogP contribution >= 0.6 is 22.9 Å². The first-order valence-electron chi connectivity index (χ1n) is 10.1. The van der Waals surface area contributed by atoms with Crippen LogP contribution < -0.4 is 5.32 Å². The standard InChI is InChI=1S/C21H18ClF3N4O3S2/c22-18-7-8-19(33-18)34(31,32)29-9-1-2-17(29)20(30)26-11-15-10-16(28-12-27-15)13-3-5-14(6-4-13)21(23,24)25/h3-8,10,12,17H,1-2,9,11H2,(H,26,30)/t17-/m0/s1. The number of carbonyl (C=O) groups is 1. The first kappa shape index (κ1) is 24.6. The van der Waals surface area contributed by atoms with Gasteiger partial charge in [0.05, 0.1) is 27.8 Å². The number of rotatable bonds is 6. The van der Waals surface area contributed by atoms with E-state index in [2.05, 4.69) is 15.3 Å². The highest BCUT2D eigenvalue weighted by molar-refractivity contribution is 7.91. The van der Waals surface area contributed by atoms with E-state index in [0.717, 1.165) is 23.5 Å². The molecular weight excluding hydrogens is 513 g/mol. The van der Waals surface area contributed by atoms with Crippen molar-refractivity contribution in [3.05, 3.63) is 64.4 Å². The summed E-state index contributed by atoms with van der Waals surface area (Å²) in [5.41, 5.74) is 0.521. The molecule has 1 amide bonds. The largest absolute Gasteiger partial charge is 0.416 e. The summed E-state index contributed by atoms with van der Waals surface area (Å²) in [6.45, 7) is 0.228. The fraction of sp³-hybridized carbons (Fsp3) is 0.286. The molecule has 34 heavy (non-hydrogen) atoms. The molecule has 0 radical (unpaired) electrons. The van der Waals surface area contributed by atoms with E-state index >= 15 is 0 Å². The van der Waals surface area contributed by atoms with Crippen molar-refractivity contribution >= 4 is 38.9 Å². The highest BCUT2D eigenvalue weighted by Crippen LogP contribution is 2.33. The van der Waals surface area contributed by atoms with Crippen molar-refractivity contribution < 1.29 is 26.4 Å². The second-order valence-electron chi connectivity index (χ2n) is 7.52. The summed E-state index contributed by atoms with van der Waals surface area (Å²) >= 11 is 6.80. The summed E-state index contributed by atoms with van der Waals surface area (Å²) in [6.07, 6.45) is -2.26. The normalized spacial score (nSPS) is 17.1. The molecule has 3 heterocycles. The van der Waals surface area contributed by atoms with E-state index in [1.165, 1.54) is 34.9 Å². The van der Waals surface area contributed by atoms with Crippen molar-refractivity contribution in [2.45, 2.75) is 35.8 Å². The van der Waals surface area contributed by atoms with E-state index < -0.39 is 33.7 Å². The molecule has 1 saturated heterocycles. The van der Waals surface area contributed by atoms with Gasteiger partial charge in [0, 0.05) is 12.1 Å². The first-order chi connectivity index (χ1) is 16.1. The van der Waals surface area contributed by atoms with Gasteiger partial charge in [-0.25, -0.2) is 18.4 Å². The number of hydrogen-bond acceptors (Lipinski definition) is 6. The van der Waals surface area contributed by atoms with Crippen LogP contribution in [0.3, 0.4) is 0 Å². The minimum absolute atomic E-state index is 0.00417. The van der Waals surface area contributed by atoms with Gasteiger partial charge in [0.2, 0.25) is 5.91 Å². The monoisotopic (exact) mass is 530 g/mol. The Morgan fingerprint density at radius 2 is 1.91 bits per heavy atom. The fourth-order valence-corrected chi connectivity index (χ4v) is 6.89. The molecule has 7 nitrogen and oxygen atoms in total. The zero-order chi connectivity index (χ0) is 24.5. The summed E-state index contributed by atoms with van der Waals surface area (Å²) in [5, 5.41) is 2.70. The second kappa shape index (κ2) is 9.61. The van der Waals surface area contributed by atoms with Crippen LogP contribution in [0.1, 0.15) is 24.1 Å². The molecule has 0 unspecified atom stereocenters. The Morgan fingerprint density at radius 3 is 2.56 bits per heavy atom. The van der Waals surface area contributed by atoms with E-state index in [0.29, 0.717) is 34.1 Å². The molecule has 4 rings (SSSR count). The van der Waals surface area contributed by atoms with Crippen LogP contribution in [0.2, 0.25) is 4.34 Å². The molecule has 2 aromatic heterocycles. The van der Waals surface area contributed by atoms with Gasteiger partial charge < -0.3 is 5.32 Å². The summed E-state index contributed by atoms with van der Waals surface area (Å²) in [7, 11) is -3.85. The third-order valence-corrected chi connectivity index (χ3v) is 8.90. The van der Waals surface area contributed by atoms with Crippen LogP contribution in [0.15, 0.2) is 53.0 Å². The molecular formula is C21H18ClF3N4O3S2. The first-order valence-corrected chi connectivity index (χ1v) is 12.7. The smallest absolute Gasteiger partial charge is 0.349 e.